The highest BCUT2D eigenvalue weighted by molar-refractivity contribution is 4.72. The SMILES string of the molecule is CCCCCCCCCCCCCCCC/C=C/[N+](C)(C)C.[Cl-]. The fourth-order valence-corrected chi connectivity index (χ4v) is 2.85. The van der Waals surface area contributed by atoms with Crippen molar-refractivity contribution in [2.24, 2.45) is 0 Å². The van der Waals surface area contributed by atoms with Gasteiger partial charge >= 0.3 is 0 Å². The number of quaternary nitrogens is 1. The van der Waals surface area contributed by atoms with Gasteiger partial charge in [-0.2, -0.15) is 0 Å². The number of halogens is 1. The second kappa shape index (κ2) is 18.3. The molecule has 0 spiro atoms. The Labute approximate surface area is 153 Å². The maximum atomic E-state index is 2.35. The van der Waals surface area contributed by atoms with E-state index in [1.807, 2.05) is 0 Å². The van der Waals surface area contributed by atoms with E-state index in [9.17, 15) is 0 Å². The summed E-state index contributed by atoms with van der Waals surface area (Å²) in [7, 11) is 6.63. The average molecular weight is 346 g/mol. The monoisotopic (exact) mass is 345 g/mol. The number of nitrogens with zero attached hydrogens (tertiary/aromatic N) is 1. The Balaban J connectivity index is 0. The molecule has 140 valence electrons. The van der Waals surface area contributed by atoms with E-state index in [-0.39, 0.29) is 12.4 Å². The van der Waals surface area contributed by atoms with Gasteiger partial charge in [-0.15, -0.1) is 0 Å². The Morgan fingerprint density at radius 1 is 0.565 bits per heavy atom. The molecule has 0 fully saturated rings. The van der Waals surface area contributed by atoms with Gasteiger partial charge < -0.3 is 16.9 Å². The first kappa shape index (κ1) is 25.2. The zero-order valence-corrected chi connectivity index (χ0v) is 17.3. The van der Waals surface area contributed by atoms with E-state index in [1.165, 1.54) is 96.3 Å². The van der Waals surface area contributed by atoms with Crippen molar-refractivity contribution >= 4 is 0 Å². The summed E-state index contributed by atoms with van der Waals surface area (Å²) in [5, 5.41) is 0. The van der Waals surface area contributed by atoms with Crippen LogP contribution in [0.3, 0.4) is 0 Å². The molecule has 0 aliphatic carbocycles. The first-order chi connectivity index (χ1) is 10.6. The summed E-state index contributed by atoms with van der Waals surface area (Å²) < 4.78 is 0.943. The van der Waals surface area contributed by atoms with Crippen molar-refractivity contribution in [2.75, 3.05) is 21.1 Å². The third kappa shape index (κ3) is 24.4. The second-order valence-electron chi connectivity index (χ2n) is 7.89. The van der Waals surface area contributed by atoms with Gasteiger partial charge in [-0.05, 0) is 18.9 Å². The van der Waals surface area contributed by atoms with Gasteiger partial charge in [-0.25, -0.2) is 0 Å². The molecule has 0 aromatic rings. The molecule has 2 heteroatoms. The maximum absolute atomic E-state index is 2.35. The molecule has 0 aliphatic heterocycles. The van der Waals surface area contributed by atoms with Crippen LogP contribution in [0.2, 0.25) is 0 Å². The van der Waals surface area contributed by atoms with Gasteiger partial charge in [-0.3, -0.25) is 0 Å². The highest BCUT2D eigenvalue weighted by Gasteiger charge is 1.98. The smallest absolute Gasteiger partial charge is 0.0911 e. The molecule has 0 saturated carbocycles. The van der Waals surface area contributed by atoms with E-state index in [0.29, 0.717) is 0 Å². The standard InChI is InChI=1S/C21H44N.ClH/c1-5-6-7-8-9-10-11-12-13-14-15-16-17-18-19-20-21-22(2,3)4;/h20-21H,5-19H2,1-4H3;1H/q+1;/p-1/b21-20+;. The quantitative estimate of drug-likeness (QED) is 0.292. The summed E-state index contributed by atoms with van der Waals surface area (Å²) in [6.45, 7) is 2.29. The van der Waals surface area contributed by atoms with Crippen LogP contribution in [0.1, 0.15) is 103 Å². The van der Waals surface area contributed by atoms with Gasteiger partial charge in [0.25, 0.3) is 0 Å². The van der Waals surface area contributed by atoms with Crippen molar-refractivity contribution in [2.45, 2.75) is 103 Å². The molecule has 0 aromatic heterocycles. The van der Waals surface area contributed by atoms with Crippen molar-refractivity contribution < 1.29 is 16.9 Å². The van der Waals surface area contributed by atoms with E-state index in [4.69, 9.17) is 0 Å². The Hall–Kier alpha value is -0.0100. The topological polar surface area (TPSA) is 0 Å². The normalized spacial score (nSPS) is 11.8. The Morgan fingerprint density at radius 3 is 1.26 bits per heavy atom. The van der Waals surface area contributed by atoms with Crippen LogP contribution in [0.25, 0.3) is 0 Å². The minimum absolute atomic E-state index is 0. The molecular formula is C21H44ClN. The van der Waals surface area contributed by atoms with Crippen molar-refractivity contribution in [3.63, 3.8) is 0 Å². The minimum atomic E-state index is 0. The molecule has 0 aromatic carbocycles. The van der Waals surface area contributed by atoms with Gasteiger partial charge in [0.15, 0.2) is 0 Å². The second-order valence-corrected chi connectivity index (χ2v) is 7.89. The highest BCUT2D eigenvalue weighted by atomic mass is 35.5. The molecule has 0 heterocycles. The largest absolute Gasteiger partial charge is 1.00 e. The van der Waals surface area contributed by atoms with E-state index in [0.717, 1.165) is 4.48 Å². The van der Waals surface area contributed by atoms with Crippen molar-refractivity contribution in [3.05, 3.63) is 12.3 Å². The predicted molar refractivity (Wildman–Crippen MR) is 102 cm³/mol. The van der Waals surface area contributed by atoms with Crippen LogP contribution in [0.4, 0.5) is 0 Å². The number of hydrogen-bond donors (Lipinski definition) is 0. The molecular weight excluding hydrogens is 302 g/mol. The lowest BCUT2D eigenvalue weighted by molar-refractivity contribution is -0.817. The molecule has 0 radical (unpaired) electrons. The highest BCUT2D eigenvalue weighted by Crippen LogP contribution is 2.13. The van der Waals surface area contributed by atoms with Crippen LogP contribution >= 0.6 is 0 Å². The van der Waals surface area contributed by atoms with E-state index in [2.05, 4.69) is 40.3 Å². The summed E-state index contributed by atoms with van der Waals surface area (Å²) in [6, 6.07) is 0. The first-order valence-electron chi connectivity index (χ1n) is 10.0. The molecule has 0 saturated heterocycles. The van der Waals surface area contributed by atoms with Gasteiger partial charge in [0.2, 0.25) is 0 Å². The van der Waals surface area contributed by atoms with Crippen LogP contribution in [-0.4, -0.2) is 25.6 Å². The predicted octanol–water partition coefficient (Wildman–Crippen LogP) is 4.08. The van der Waals surface area contributed by atoms with Gasteiger partial charge in [-0.1, -0.05) is 90.4 Å². The summed E-state index contributed by atoms with van der Waals surface area (Å²) in [5.41, 5.74) is 0. The molecule has 0 bridgehead atoms. The van der Waals surface area contributed by atoms with Gasteiger partial charge in [0.1, 0.15) is 0 Å². The summed E-state index contributed by atoms with van der Waals surface area (Å²) in [4.78, 5) is 0. The summed E-state index contributed by atoms with van der Waals surface area (Å²) in [5.74, 6) is 0. The van der Waals surface area contributed by atoms with Crippen molar-refractivity contribution in [1.82, 2.24) is 0 Å². The fraction of sp³-hybridized carbons (Fsp3) is 0.905. The van der Waals surface area contributed by atoms with Crippen LogP contribution in [-0.2, 0) is 0 Å². The zero-order chi connectivity index (χ0) is 16.5. The Kier molecular flexibility index (Phi) is 20.1. The van der Waals surface area contributed by atoms with Crippen molar-refractivity contribution in [3.8, 4) is 0 Å². The van der Waals surface area contributed by atoms with E-state index in [1.54, 1.807) is 0 Å². The summed E-state index contributed by atoms with van der Waals surface area (Å²) >= 11 is 0. The fourth-order valence-electron chi connectivity index (χ4n) is 2.85. The van der Waals surface area contributed by atoms with Crippen molar-refractivity contribution in [1.29, 1.82) is 0 Å². The lowest BCUT2D eigenvalue weighted by Gasteiger charge is -2.17. The molecule has 0 rings (SSSR count). The van der Waals surface area contributed by atoms with Gasteiger partial charge in [0.05, 0.1) is 27.3 Å². The minimum Gasteiger partial charge on any atom is -1.00 e. The summed E-state index contributed by atoms with van der Waals surface area (Å²) in [6.07, 6.45) is 26.1. The van der Waals surface area contributed by atoms with E-state index < -0.39 is 0 Å². The molecule has 0 amide bonds. The lowest BCUT2D eigenvalue weighted by atomic mass is 10.0. The lowest BCUT2D eigenvalue weighted by Crippen LogP contribution is -3.00. The zero-order valence-electron chi connectivity index (χ0n) is 16.6. The van der Waals surface area contributed by atoms with Crippen LogP contribution in [0.15, 0.2) is 12.3 Å². The van der Waals surface area contributed by atoms with Crippen LogP contribution in [0, 0.1) is 0 Å². The number of hydrogen-bond acceptors (Lipinski definition) is 0. The van der Waals surface area contributed by atoms with Crippen LogP contribution in [0.5, 0.6) is 0 Å². The van der Waals surface area contributed by atoms with Gasteiger partial charge in [0, 0.05) is 0 Å². The van der Waals surface area contributed by atoms with E-state index >= 15 is 0 Å². The third-order valence-electron chi connectivity index (χ3n) is 4.28. The molecule has 0 aliphatic rings. The molecule has 0 N–H and O–H groups in total. The first-order valence-corrected chi connectivity index (χ1v) is 10.0. The third-order valence-corrected chi connectivity index (χ3v) is 4.28. The number of allylic oxidation sites excluding steroid dienone is 1. The Bertz CT molecular complexity index is 243. The molecule has 1 nitrogen and oxygen atoms in total. The maximum Gasteiger partial charge on any atom is 0.0911 e. The number of unbranched alkanes of at least 4 members (excludes halogenated alkanes) is 14. The van der Waals surface area contributed by atoms with Crippen LogP contribution < -0.4 is 12.4 Å². The number of rotatable bonds is 16. The average Bonchev–Trinajstić information content (AvgIpc) is 2.45. The molecule has 0 unspecified atom stereocenters. The Morgan fingerprint density at radius 2 is 0.913 bits per heavy atom. The molecule has 23 heavy (non-hydrogen) atoms. The molecule has 0 atom stereocenters.